The molecule has 5 aromatic rings. The first-order valence-corrected chi connectivity index (χ1v) is 19.7. The average molecular weight is 794 g/mol. The van der Waals surface area contributed by atoms with E-state index in [0.717, 1.165) is 62.9 Å². The van der Waals surface area contributed by atoms with Gasteiger partial charge in [0.05, 0.1) is 56.4 Å². The predicted molar refractivity (Wildman–Crippen MR) is 217 cm³/mol. The third-order valence-electron chi connectivity index (χ3n) is 10.9. The molecule has 2 aliphatic rings. The molecule has 58 heavy (non-hydrogen) atoms. The Morgan fingerprint density at radius 3 is 2.19 bits per heavy atom. The number of nitrogens with zero attached hydrogens (tertiary/aromatic N) is 4. The molecule has 7 rings (SSSR count). The van der Waals surface area contributed by atoms with Crippen LogP contribution in [0.2, 0.25) is 0 Å². The molecule has 4 heterocycles. The number of hydrogen-bond donors (Lipinski definition) is 5. The van der Waals surface area contributed by atoms with E-state index in [1.165, 1.54) is 14.2 Å². The molecule has 5 amide bonds. The Hall–Kier alpha value is -6.16. The highest BCUT2D eigenvalue weighted by atomic mass is 16.5. The molecular weight excluding hydrogens is 743 g/mol. The maximum absolute atomic E-state index is 13.7. The highest BCUT2D eigenvalue weighted by molar-refractivity contribution is 5.92. The van der Waals surface area contributed by atoms with Crippen LogP contribution in [0.15, 0.2) is 60.8 Å². The second-order valence-electron chi connectivity index (χ2n) is 15.5. The minimum absolute atomic E-state index is 0.0485. The number of morpholine rings is 1. The van der Waals surface area contributed by atoms with Gasteiger partial charge in [-0.3, -0.25) is 4.79 Å². The number of ether oxygens (including phenoxy) is 3. The number of benzene rings is 3. The molecule has 2 fully saturated rings. The molecule has 16 nitrogen and oxygen atoms in total. The molecule has 0 spiro atoms. The van der Waals surface area contributed by atoms with E-state index in [1.54, 1.807) is 16.0 Å². The van der Waals surface area contributed by atoms with Crippen molar-refractivity contribution in [2.45, 2.75) is 64.8 Å². The number of methoxy groups -OCH3 is 2. The van der Waals surface area contributed by atoms with Gasteiger partial charge in [-0.2, -0.15) is 0 Å². The Bertz CT molecular complexity index is 2300. The van der Waals surface area contributed by atoms with Gasteiger partial charge in [0.1, 0.15) is 29.9 Å². The van der Waals surface area contributed by atoms with Gasteiger partial charge in [-0.1, -0.05) is 58.0 Å². The monoisotopic (exact) mass is 793 g/mol. The number of fused-ring (bicyclic) bond motifs is 2. The molecule has 2 aliphatic heterocycles. The van der Waals surface area contributed by atoms with Crippen LogP contribution >= 0.6 is 0 Å². The summed E-state index contributed by atoms with van der Waals surface area (Å²) >= 11 is 0. The zero-order valence-electron chi connectivity index (χ0n) is 33.6. The SMILES string of the molecule is COC(=O)N[C@H](NC(=O)N1CCC[C@H]1c1nc2ccc(-c3ccc4cc(-c5cnc([C@@H]6COCCN6C(=O)[C@@H](NC(=O)OC)C(C)C)[nH]5)ccc4c3)cc2[nH]1)C(C)C. The molecule has 0 bridgehead atoms. The van der Waals surface area contributed by atoms with E-state index in [4.69, 9.17) is 19.2 Å². The number of carbonyl (C=O) groups excluding carboxylic acids is 4. The van der Waals surface area contributed by atoms with Gasteiger partial charge in [0.25, 0.3) is 0 Å². The fourth-order valence-corrected chi connectivity index (χ4v) is 7.65. The second-order valence-corrected chi connectivity index (χ2v) is 15.5. The molecule has 0 aliphatic carbocycles. The largest absolute Gasteiger partial charge is 0.453 e. The molecule has 16 heteroatoms. The smallest absolute Gasteiger partial charge is 0.408 e. The lowest BCUT2D eigenvalue weighted by molar-refractivity contribution is -0.143. The standard InChI is InChI=1S/C42H51N9O7/c1-23(2)35(47-41(54)56-5)39(52)50-16-17-58-22-34(50)37-43-21-32(46-37)29-12-11-25-18-26(9-10-27(25)19-29)28-13-14-30-31(20-28)45-38(44-30)33-8-7-15-51(33)40(53)48-36(24(3)4)49-42(55)57-6/h9-14,18-21,23-24,33-36H,7-8,15-17,22H2,1-6H3,(H,43,46)(H,44,45)(H,47,54)(H,48,53)(H,49,55)/t33-,34-,35-,36-/m0/s1. The Balaban J connectivity index is 1.06. The minimum atomic E-state index is -0.752. The number of rotatable bonds is 10. The summed E-state index contributed by atoms with van der Waals surface area (Å²) in [5, 5.41) is 10.4. The summed E-state index contributed by atoms with van der Waals surface area (Å²) in [4.78, 5) is 70.9. The number of carbonyl (C=O) groups is 4. The number of amides is 5. The number of aromatic amines is 2. The molecule has 2 saturated heterocycles. The van der Waals surface area contributed by atoms with Gasteiger partial charge in [-0.15, -0.1) is 0 Å². The van der Waals surface area contributed by atoms with E-state index in [2.05, 4.69) is 73.4 Å². The number of nitrogens with one attached hydrogen (secondary N) is 5. The lowest BCUT2D eigenvalue weighted by Gasteiger charge is -2.37. The van der Waals surface area contributed by atoms with Gasteiger partial charge in [0.15, 0.2) is 0 Å². The summed E-state index contributed by atoms with van der Waals surface area (Å²) in [6.07, 6.45) is 1.53. The van der Waals surface area contributed by atoms with Crippen molar-refractivity contribution in [3.8, 4) is 22.4 Å². The average Bonchev–Trinajstić information content (AvgIpc) is 4.02. The summed E-state index contributed by atoms with van der Waals surface area (Å²) in [7, 11) is 2.57. The first-order chi connectivity index (χ1) is 27.9. The van der Waals surface area contributed by atoms with E-state index in [-0.39, 0.29) is 36.4 Å². The summed E-state index contributed by atoms with van der Waals surface area (Å²) < 4.78 is 15.3. The fourth-order valence-electron chi connectivity index (χ4n) is 7.65. The van der Waals surface area contributed by atoms with Crippen LogP contribution in [0.1, 0.15) is 64.3 Å². The number of aromatic nitrogens is 4. The summed E-state index contributed by atoms with van der Waals surface area (Å²) in [5.41, 5.74) is 5.51. The Morgan fingerprint density at radius 1 is 0.776 bits per heavy atom. The first kappa shape index (κ1) is 40.1. The van der Waals surface area contributed by atoms with Gasteiger partial charge in [-0.25, -0.2) is 24.4 Å². The van der Waals surface area contributed by atoms with Crippen molar-refractivity contribution in [3.63, 3.8) is 0 Å². The van der Waals surface area contributed by atoms with E-state index < -0.39 is 30.4 Å². The van der Waals surface area contributed by atoms with Crippen molar-refractivity contribution in [1.82, 2.24) is 45.7 Å². The molecule has 0 radical (unpaired) electrons. The molecule has 0 unspecified atom stereocenters. The molecular formula is C42H51N9O7. The minimum Gasteiger partial charge on any atom is -0.453 e. The normalized spacial score (nSPS) is 18.1. The highest BCUT2D eigenvalue weighted by Gasteiger charge is 2.37. The topological polar surface area (TPSA) is 196 Å². The van der Waals surface area contributed by atoms with Crippen molar-refractivity contribution >= 4 is 45.9 Å². The van der Waals surface area contributed by atoms with Crippen LogP contribution in [0.25, 0.3) is 44.2 Å². The van der Waals surface area contributed by atoms with Crippen LogP contribution in [-0.4, -0.2) is 107 Å². The first-order valence-electron chi connectivity index (χ1n) is 19.7. The number of H-pyrrole nitrogens is 2. The lowest BCUT2D eigenvalue weighted by Crippen LogP contribution is -2.54. The molecule has 5 N–H and O–H groups in total. The van der Waals surface area contributed by atoms with E-state index in [1.807, 2.05) is 39.8 Å². The van der Waals surface area contributed by atoms with Gasteiger partial charge in [0, 0.05) is 18.7 Å². The van der Waals surface area contributed by atoms with Crippen LogP contribution in [0.5, 0.6) is 0 Å². The maximum atomic E-state index is 13.7. The quantitative estimate of drug-likeness (QED) is 0.102. The third-order valence-corrected chi connectivity index (χ3v) is 10.9. The van der Waals surface area contributed by atoms with Gasteiger partial charge in [0.2, 0.25) is 5.91 Å². The van der Waals surface area contributed by atoms with Crippen molar-refractivity contribution in [1.29, 1.82) is 0 Å². The maximum Gasteiger partial charge on any atom is 0.408 e. The molecule has 306 valence electrons. The summed E-state index contributed by atoms with van der Waals surface area (Å²) in [6.45, 7) is 9.19. The Morgan fingerprint density at radius 2 is 1.47 bits per heavy atom. The van der Waals surface area contributed by atoms with E-state index >= 15 is 0 Å². The van der Waals surface area contributed by atoms with Crippen LogP contribution in [0, 0.1) is 11.8 Å². The van der Waals surface area contributed by atoms with Crippen molar-refractivity contribution in [3.05, 3.63) is 72.4 Å². The number of hydrogen-bond acceptors (Lipinski definition) is 9. The van der Waals surface area contributed by atoms with Crippen LogP contribution in [-0.2, 0) is 19.0 Å². The number of imidazole rings is 2. The van der Waals surface area contributed by atoms with E-state index in [0.29, 0.717) is 25.5 Å². The van der Waals surface area contributed by atoms with Gasteiger partial charge >= 0.3 is 18.2 Å². The zero-order chi connectivity index (χ0) is 41.1. The van der Waals surface area contributed by atoms with Gasteiger partial charge in [-0.05, 0) is 70.8 Å². The van der Waals surface area contributed by atoms with Crippen LogP contribution < -0.4 is 16.0 Å². The van der Waals surface area contributed by atoms with Crippen molar-refractivity contribution in [2.75, 3.05) is 40.5 Å². The third kappa shape index (κ3) is 8.42. The molecule has 0 saturated carbocycles. The predicted octanol–water partition coefficient (Wildman–Crippen LogP) is 6.24. The zero-order valence-corrected chi connectivity index (χ0v) is 33.6. The fraction of sp³-hybridized carbons (Fsp3) is 0.429. The van der Waals surface area contributed by atoms with Crippen LogP contribution in [0.4, 0.5) is 14.4 Å². The Kier molecular flexibility index (Phi) is 11.8. The highest BCUT2D eigenvalue weighted by Crippen LogP contribution is 2.34. The van der Waals surface area contributed by atoms with Crippen LogP contribution in [0.3, 0.4) is 0 Å². The Labute approximate surface area is 336 Å². The number of urea groups is 1. The molecule has 2 aromatic heterocycles. The lowest BCUT2D eigenvalue weighted by atomic mass is 9.99. The number of likely N-dealkylation sites (tertiary alicyclic amines) is 1. The summed E-state index contributed by atoms with van der Waals surface area (Å²) in [6, 6.07) is 17.0. The molecule has 3 aromatic carbocycles. The van der Waals surface area contributed by atoms with Crippen molar-refractivity contribution < 1.29 is 33.4 Å². The van der Waals surface area contributed by atoms with Crippen molar-refractivity contribution in [2.24, 2.45) is 11.8 Å². The summed E-state index contributed by atoms with van der Waals surface area (Å²) in [5.74, 6) is 0.911. The van der Waals surface area contributed by atoms with E-state index in [9.17, 15) is 19.2 Å². The second kappa shape index (κ2) is 17.1. The molecule has 4 atom stereocenters. The van der Waals surface area contributed by atoms with Gasteiger partial charge < -0.3 is 49.9 Å². The number of alkyl carbamates (subject to hydrolysis) is 2.